The number of nitrogens with zero attached hydrogens (tertiary/aromatic N) is 2. The molecule has 0 N–H and O–H groups in total. The van der Waals surface area contributed by atoms with Gasteiger partial charge in [0.1, 0.15) is 5.75 Å². The highest BCUT2D eigenvalue weighted by Crippen LogP contribution is 2.19. The van der Waals surface area contributed by atoms with Gasteiger partial charge < -0.3 is 14.5 Å². The average Bonchev–Trinajstić information content (AvgIpc) is 2.53. The first-order valence-corrected chi connectivity index (χ1v) is 8.38. The zero-order valence-electron chi connectivity index (χ0n) is 13.9. The van der Waals surface area contributed by atoms with E-state index in [9.17, 15) is 0 Å². The summed E-state index contributed by atoms with van der Waals surface area (Å²) in [5.74, 6) is 1.03. The fourth-order valence-corrected chi connectivity index (χ4v) is 2.92. The Morgan fingerprint density at radius 1 is 1.00 bits per heavy atom. The Morgan fingerprint density at radius 2 is 1.71 bits per heavy atom. The summed E-state index contributed by atoms with van der Waals surface area (Å²) in [7, 11) is 2.20. The molecule has 0 spiro atoms. The topological polar surface area (TPSA) is 15.7 Å². The van der Waals surface area contributed by atoms with E-state index in [0.717, 1.165) is 38.2 Å². The van der Waals surface area contributed by atoms with Gasteiger partial charge in [-0.25, -0.2) is 0 Å². The van der Waals surface area contributed by atoms with E-state index >= 15 is 0 Å². The maximum absolute atomic E-state index is 5.92. The summed E-state index contributed by atoms with van der Waals surface area (Å²) in [6, 6.07) is 6.55. The summed E-state index contributed by atoms with van der Waals surface area (Å²) in [5.41, 5.74) is 2.87. The van der Waals surface area contributed by atoms with Crippen LogP contribution >= 0.6 is 0 Å². The van der Waals surface area contributed by atoms with Gasteiger partial charge in [-0.15, -0.1) is 0 Å². The SMILES string of the molecule is CCc1ccc(OCCCN2CCN(C)CC2)cc1CC. The van der Waals surface area contributed by atoms with Gasteiger partial charge in [0, 0.05) is 32.7 Å². The lowest BCUT2D eigenvalue weighted by Crippen LogP contribution is -2.44. The van der Waals surface area contributed by atoms with Gasteiger partial charge in [-0.1, -0.05) is 19.9 Å². The molecule has 1 aliphatic heterocycles. The van der Waals surface area contributed by atoms with Gasteiger partial charge in [0.05, 0.1) is 6.61 Å². The molecule has 2 rings (SSSR count). The first-order chi connectivity index (χ1) is 10.2. The Morgan fingerprint density at radius 3 is 2.38 bits per heavy atom. The smallest absolute Gasteiger partial charge is 0.119 e. The molecule has 0 unspecified atom stereocenters. The van der Waals surface area contributed by atoms with Gasteiger partial charge in [0.15, 0.2) is 0 Å². The van der Waals surface area contributed by atoms with Crippen LogP contribution in [0, 0.1) is 0 Å². The quantitative estimate of drug-likeness (QED) is 0.718. The van der Waals surface area contributed by atoms with E-state index in [1.165, 1.54) is 37.3 Å². The number of ether oxygens (including phenoxy) is 1. The van der Waals surface area contributed by atoms with Crippen molar-refractivity contribution in [2.45, 2.75) is 33.1 Å². The minimum atomic E-state index is 0.820. The molecule has 0 atom stereocenters. The molecule has 1 fully saturated rings. The van der Waals surface area contributed by atoms with Crippen LogP contribution in [0.1, 0.15) is 31.4 Å². The lowest BCUT2D eigenvalue weighted by Gasteiger charge is -2.32. The highest BCUT2D eigenvalue weighted by molar-refractivity contribution is 5.35. The van der Waals surface area contributed by atoms with Crippen molar-refractivity contribution in [1.29, 1.82) is 0 Å². The zero-order chi connectivity index (χ0) is 15.1. The maximum atomic E-state index is 5.92. The number of rotatable bonds is 7. The fraction of sp³-hybridized carbons (Fsp3) is 0.667. The molecule has 3 nitrogen and oxygen atoms in total. The van der Waals surface area contributed by atoms with Crippen LogP contribution in [0.25, 0.3) is 0 Å². The Bertz CT molecular complexity index is 425. The molecule has 118 valence electrons. The molecule has 1 saturated heterocycles. The molecule has 1 aliphatic rings. The van der Waals surface area contributed by atoms with Gasteiger partial charge in [-0.05, 0) is 49.6 Å². The van der Waals surface area contributed by atoms with E-state index in [4.69, 9.17) is 4.74 Å². The first kappa shape index (κ1) is 16.3. The maximum Gasteiger partial charge on any atom is 0.119 e. The Balaban J connectivity index is 1.71. The number of aryl methyl sites for hydroxylation is 2. The molecular weight excluding hydrogens is 260 g/mol. The van der Waals surface area contributed by atoms with Crippen LogP contribution < -0.4 is 4.74 Å². The largest absolute Gasteiger partial charge is 0.494 e. The number of likely N-dealkylation sites (N-methyl/N-ethyl adjacent to an activating group) is 1. The predicted octanol–water partition coefficient (Wildman–Crippen LogP) is 2.83. The van der Waals surface area contributed by atoms with Crippen molar-refractivity contribution in [2.75, 3.05) is 46.4 Å². The van der Waals surface area contributed by atoms with Crippen LogP contribution in [0.15, 0.2) is 18.2 Å². The van der Waals surface area contributed by atoms with Crippen molar-refractivity contribution in [3.8, 4) is 5.75 Å². The molecular formula is C18H30N2O. The Hall–Kier alpha value is -1.06. The minimum Gasteiger partial charge on any atom is -0.494 e. The second-order valence-electron chi connectivity index (χ2n) is 5.98. The van der Waals surface area contributed by atoms with Crippen molar-refractivity contribution < 1.29 is 4.74 Å². The number of hydrogen-bond acceptors (Lipinski definition) is 3. The van der Waals surface area contributed by atoms with Crippen molar-refractivity contribution in [2.24, 2.45) is 0 Å². The summed E-state index contributed by atoms with van der Waals surface area (Å²) in [6.07, 6.45) is 3.30. The van der Waals surface area contributed by atoms with Crippen LogP contribution in [0.4, 0.5) is 0 Å². The summed E-state index contributed by atoms with van der Waals surface area (Å²) in [4.78, 5) is 4.94. The normalized spacial score (nSPS) is 17.1. The van der Waals surface area contributed by atoms with Gasteiger partial charge in [0.25, 0.3) is 0 Å². The van der Waals surface area contributed by atoms with E-state index in [2.05, 4.69) is 48.9 Å². The monoisotopic (exact) mass is 290 g/mol. The average molecular weight is 290 g/mol. The zero-order valence-corrected chi connectivity index (χ0v) is 13.9. The highest BCUT2D eigenvalue weighted by Gasteiger charge is 2.12. The summed E-state index contributed by atoms with van der Waals surface area (Å²) in [5, 5.41) is 0. The molecule has 0 amide bonds. The standard InChI is InChI=1S/C18H30N2O/c1-4-16-7-8-18(15-17(16)5-2)21-14-6-9-20-12-10-19(3)11-13-20/h7-8,15H,4-6,9-14H2,1-3H3. The molecule has 0 saturated carbocycles. The van der Waals surface area contributed by atoms with Crippen molar-refractivity contribution in [1.82, 2.24) is 9.80 Å². The van der Waals surface area contributed by atoms with E-state index in [1.54, 1.807) is 0 Å². The Kier molecular flexibility index (Phi) is 6.52. The van der Waals surface area contributed by atoms with Crippen LogP contribution in [0.5, 0.6) is 5.75 Å². The minimum absolute atomic E-state index is 0.820. The van der Waals surface area contributed by atoms with E-state index in [-0.39, 0.29) is 0 Å². The van der Waals surface area contributed by atoms with E-state index < -0.39 is 0 Å². The number of hydrogen-bond donors (Lipinski definition) is 0. The first-order valence-electron chi connectivity index (χ1n) is 8.38. The number of benzene rings is 1. The van der Waals surface area contributed by atoms with E-state index in [0.29, 0.717) is 0 Å². The van der Waals surface area contributed by atoms with Crippen molar-refractivity contribution >= 4 is 0 Å². The molecule has 0 aliphatic carbocycles. The molecule has 1 aromatic rings. The van der Waals surface area contributed by atoms with Crippen LogP contribution in [-0.4, -0.2) is 56.2 Å². The van der Waals surface area contributed by atoms with Crippen molar-refractivity contribution in [3.63, 3.8) is 0 Å². The molecule has 1 aromatic carbocycles. The lowest BCUT2D eigenvalue weighted by molar-refractivity contribution is 0.145. The van der Waals surface area contributed by atoms with Gasteiger partial charge in [0.2, 0.25) is 0 Å². The predicted molar refractivity (Wildman–Crippen MR) is 89.2 cm³/mol. The summed E-state index contributed by atoms with van der Waals surface area (Å²) >= 11 is 0. The molecule has 0 bridgehead atoms. The molecule has 0 radical (unpaired) electrons. The van der Waals surface area contributed by atoms with Crippen molar-refractivity contribution in [3.05, 3.63) is 29.3 Å². The van der Waals surface area contributed by atoms with E-state index in [1.807, 2.05) is 0 Å². The molecule has 0 aromatic heterocycles. The highest BCUT2D eigenvalue weighted by atomic mass is 16.5. The van der Waals surface area contributed by atoms with Gasteiger partial charge in [-0.3, -0.25) is 0 Å². The van der Waals surface area contributed by atoms with Crippen LogP contribution in [-0.2, 0) is 12.8 Å². The summed E-state index contributed by atoms with van der Waals surface area (Å²) in [6.45, 7) is 11.2. The third kappa shape index (κ3) is 5.01. The molecule has 1 heterocycles. The summed E-state index contributed by atoms with van der Waals surface area (Å²) < 4.78 is 5.92. The van der Waals surface area contributed by atoms with Crippen LogP contribution in [0.2, 0.25) is 0 Å². The van der Waals surface area contributed by atoms with Gasteiger partial charge in [-0.2, -0.15) is 0 Å². The third-order valence-corrected chi connectivity index (χ3v) is 4.42. The lowest BCUT2D eigenvalue weighted by atomic mass is 10.0. The van der Waals surface area contributed by atoms with Gasteiger partial charge >= 0.3 is 0 Å². The van der Waals surface area contributed by atoms with Crippen LogP contribution in [0.3, 0.4) is 0 Å². The molecule has 21 heavy (non-hydrogen) atoms. The molecule has 3 heteroatoms. The number of piperazine rings is 1. The fourth-order valence-electron chi connectivity index (χ4n) is 2.92. The Labute approximate surface area is 129 Å². The third-order valence-electron chi connectivity index (χ3n) is 4.42. The second kappa shape index (κ2) is 8.40. The second-order valence-corrected chi connectivity index (χ2v) is 5.98.